The van der Waals surface area contributed by atoms with Crippen LogP contribution in [-0.2, 0) is 16.0 Å². The normalized spacial score (nSPS) is 13.1. The summed E-state index contributed by atoms with van der Waals surface area (Å²) < 4.78 is 0. The van der Waals surface area contributed by atoms with Crippen molar-refractivity contribution >= 4 is 17.6 Å². The zero-order valence-corrected chi connectivity index (χ0v) is 14.0. The molecule has 4 nitrogen and oxygen atoms in total. The van der Waals surface area contributed by atoms with E-state index < -0.39 is 11.9 Å². The maximum atomic E-state index is 12.5. The van der Waals surface area contributed by atoms with Gasteiger partial charge in [-0.2, -0.15) is 0 Å². The van der Waals surface area contributed by atoms with Crippen molar-refractivity contribution in [2.45, 2.75) is 32.6 Å². The fraction of sp³-hybridized carbons (Fsp3) is 0.300. The van der Waals surface area contributed by atoms with E-state index in [1.807, 2.05) is 61.5 Å². The summed E-state index contributed by atoms with van der Waals surface area (Å²) in [6, 6.07) is 17.1. The highest BCUT2D eigenvalue weighted by Gasteiger charge is 2.18. The number of carboxylic acids is 1. The van der Waals surface area contributed by atoms with Gasteiger partial charge in [-0.25, -0.2) is 0 Å². The molecule has 0 aliphatic carbocycles. The van der Waals surface area contributed by atoms with Crippen molar-refractivity contribution in [2.75, 3.05) is 5.32 Å². The predicted octanol–water partition coefficient (Wildman–Crippen LogP) is 4.08. The minimum Gasteiger partial charge on any atom is -0.481 e. The lowest BCUT2D eigenvalue weighted by Gasteiger charge is -2.16. The summed E-state index contributed by atoms with van der Waals surface area (Å²) in [7, 11) is 0. The fourth-order valence-electron chi connectivity index (χ4n) is 2.65. The monoisotopic (exact) mass is 325 g/mol. The van der Waals surface area contributed by atoms with E-state index in [0.717, 1.165) is 23.2 Å². The summed E-state index contributed by atoms with van der Waals surface area (Å²) in [6.45, 7) is 3.68. The van der Waals surface area contributed by atoms with Gasteiger partial charge in [0.1, 0.15) is 0 Å². The highest BCUT2D eigenvalue weighted by Crippen LogP contribution is 2.22. The number of aliphatic carboxylic acids is 1. The third-order valence-corrected chi connectivity index (χ3v) is 4.11. The molecule has 126 valence electrons. The van der Waals surface area contributed by atoms with Gasteiger partial charge in [0.2, 0.25) is 5.91 Å². The SMILES string of the molecule is CCC(C(=O)Nc1ccc(CC(C)C(=O)O)cc1)c1ccccc1. The third kappa shape index (κ3) is 4.69. The summed E-state index contributed by atoms with van der Waals surface area (Å²) in [6.07, 6.45) is 1.20. The Morgan fingerprint density at radius 3 is 2.21 bits per heavy atom. The number of amides is 1. The highest BCUT2D eigenvalue weighted by atomic mass is 16.4. The van der Waals surface area contributed by atoms with Crippen LogP contribution in [0.3, 0.4) is 0 Å². The number of hydrogen-bond acceptors (Lipinski definition) is 2. The van der Waals surface area contributed by atoms with Crippen molar-refractivity contribution in [1.29, 1.82) is 0 Å². The Labute approximate surface area is 142 Å². The Hall–Kier alpha value is -2.62. The third-order valence-electron chi connectivity index (χ3n) is 4.11. The molecule has 2 rings (SSSR count). The van der Waals surface area contributed by atoms with Gasteiger partial charge in [-0.15, -0.1) is 0 Å². The Balaban J connectivity index is 2.02. The lowest BCUT2D eigenvalue weighted by atomic mass is 9.95. The minimum atomic E-state index is -0.805. The second-order valence-electron chi connectivity index (χ2n) is 6.00. The van der Waals surface area contributed by atoms with Crippen molar-refractivity contribution in [3.63, 3.8) is 0 Å². The maximum absolute atomic E-state index is 12.5. The van der Waals surface area contributed by atoms with Crippen molar-refractivity contribution in [3.05, 3.63) is 65.7 Å². The largest absolute Gasteiger partial charge is 0.481 e. The molecule has 2 aromatic carbocycles. The molecule has 0 saturated carbocycles. The molecule has 1 amide bonds. The zero-order valence-electron chi connectivity index (χ0n) is 14.0. The molecule has 24 heavy (non-hydrogen) atoms. The van der Waals surface area contributed by atoms with E-state index in [0.29, 0.717) is 6.42 Å². The van der Waals surface area contributed by atoms with E-state index in [2.05, 4.69) is 5.32 Å². The molecule has 0 aliphatic heterocycles. The van der Waals surface area contributed by atoms with Crippen molar-refractivity contribution in [1.82, 2.24) is 0 Å². The van der Waals surface area contributed by atoms with Gasteiger partial charge in [0.05, 0.1) is 11.8 Å². The van der Waals surface area contributed by atoms with E-state index in [1.54, 1.807) is 6.92 Å². The van der Waals surface area contributed by atoms with Crippen molar-refractivity contribution in [2.24, 2.45) is 5.92 Å². The number of anilines is 1. The number of carbonyl (C=O) groups excluding carboxylic acids is 1. The zero-order chi connectivity index (χ0) is 17.5. The number of nitrogens with one attached hydrogen (secondary N) is 1. The lowest BCUT2D eigenvalue weighted by molar-refractivity contribution is -0.141. The first kappa shape index (κ1) is 17.7. The molecular weight excluding hydrogens is 302 g/mol. The van der Waals surface area contributed by atoms with Crippen LogP contribution < -0.4 is 5.32 Å². The second kappa shape index (κ2) is 8.29. The van der Waals surface area contributed by atoms with Gasteiger partial charge in [-0.1, -0.05) is 56.3 Å². The van der Waals surface area contributed by atoms with Gasteiger partial charge in [-0.05, 0) is 36.1 Å². The van der Waals surface area contributed by atoms with E-state index in [4.69, 9.17) is 5.11 Å². The Bertz CT molecular complexity index is 680. The molecule has 0 fully saturated rings. The molecule has 2 unspecified atom stereocenters. The van der Waals surface area contributed by atoms with E-state index in [9.17, 15) is 9.59 Å². The molecule has 0 bridgehead atoms. The minimum absolute atomic E-state index is 0.0321. The molecule has 4 heteroatoms. The van der Waals surface area contributed by atoms with Crippen LogP contribution >= 0.6 is 0 Å². The average molecular weight is 325 g/mol. The van der Waals surface area contributed by atoms with Gasteiger partial charge in [0, 0.05) is 5.69 Å². The van der Waals surface area contributed by atoms with Gasteiger partial charge >= 0.3 is 5.97 Å². The number of benzene rings is 2. The number of carboxylic acid groups (broad SMARTS) is 1. The van der Waals surface area contributed by atoms with E-state index in [-0.39, 0.29) is 11.8 Å². The van der Waals surface area contributed by atoms with Crippen molar-refractivity contribution < 1.29 is 14.7 Å². The molecule has 0 aliphatic rings. The first-order valence-corrected chi connectivity index (χ1v) is 8.18. The predicted molar refractivity (Wildman–Crippen MR) is 95.0 cm³/mol. The quantitative estimate of drug-likeness (QED) is 0.806. The Kier molecular flexibility index (Phi) is 6.13. The standard InChI is InChI=1S/C20H23NO3/c1-3-18(16-7-5-4-6-8-16)19(22)21-17-11-9-15(10-12-17)13-14(2)20(23)24/h4-12,14,18H,3,13H2,1-2H3,(H,21,22)(H,23,24). The smallest absolute Gasteiger partial charge is 0.306 e. The summed E-state index contributed by atoms with van der Waals surface area (Å²) in [5.41, 5.74) is 2.67. The van der Waals surface area contributed by atoms with Crippen LogP contribution in [0.5, 0.6) is 0 Å². The average Bonchev–Trinajstić information content (AvgIpc) is 2.58. The summed E-state index contributed by atoms with van der Waals surface area (Å²) in [5.74, 6) is -1.44. The summed E-state index contributed by atoms with van der Waals surface area (Å²) in [4.78, 5) is 23.4. The molecule has 2 N–H and O–H groups in total. The van der Waals surface area contributed by atoms with Crippen LogP contribution in [-0.4, -0.2) is 17.0 Å². The van der Waals surface area contributed by atoms with Gasteiger partial charge in [0.15, 0.2) is 0 Å². The van der Waals surface area contributed by atoms with Crippen LogP contribution in [0.2, 0.25) is 0 Å². The Morgan fingerprint density at radius 2 is 1.67 bits per heavy atom. The van der Waals surface area contributed by atoms with Crippen LogP contribution in [0, 0.1) is 5.92 Å². The number of hydrogen-bond donors (Lipinski definition) is 2. The molecular formula is C20H23NO3. The van der Waals surface area contributed by atoms with E-state index in [1.165, 1.54) is 0 Å². The molecule has 2 aromatic rings. The van der Waals surface area contributed by atoms with Crippen molar-refractivity contribution in [3.8, 4) is 0 Å². The topological polar surface area (TPSA) is 66.4 Å². The van der Waals surface area contributed by atoms with Gasteiger partial charge in [-0.3, -0.25) is 9.59 Å². The first-order chi connectivity index (χ1) is 11.5. The molecule has 0 radical (unpaired) electrons. The van der Waals surface area contributed by atoms with Gasteiger partial charge in [0.25, 0.3) is 0 Å². The molecule has 2 atom stereocenters. The molecule has 0 heterocycles. The summed E-state index contributed by atoms with van der Waals surface area (Å²) >= 11 is 0. The molecule has 0 spiro atoms. The summed E-state index contributed by atoms with van der Waals surface area (Å²) in [5, 5.41) is 11.9. The van der Waals surface area contributed by atoms with Crippen LogP contribution in [0.1, 0.15) is 37.3 Å². The second-order valence-corrected chi connectivity index (χ2v) is 6.00. The molecule has 0 saturated heterocycles. The van der Waals surface area contributed by atoms with Crippen LogP contribution in [0.15, 0.2) is 54.6 Å². The Morgan fingerprint density at radius 1 is 1.04 bits per heavy atom. The van der Waals surface area contributed by atoms with Crippen LogP contribution in [0.4, 0.5) is 5.69 Å². The number of rotatable bonds is 7. The highest BCUT2D eigenvalue weighted by molar-refractivity contribution is 5.95. The van der Waals surface area contributed by atoms with E-state index >= 15 is 0 Å². The molecule has 0 aromatic heterocycles. The number of carbonyl (C=O) groups is 2. The first-order valence-electron chi connectivity index (χ1n) is 8.18. The lowest BCUT2D eigenvalue weighted by Crippen LogP contribution is -2.20. The van der Waals surface area contributed by atoms with Gasteiger partial charge < -0.3 is 10.4 Å². The van der Waals surface area contributed by atoms with Crippen LogP contribution in [0.25, 0.3) is 0 Å². The maximum Gasteiger partial charge on any atom is 0.306 e. The fourth-order valence-corrected chi connectivity index (χ4v) is 2.65.